The number of benzene rings is 1. The van der Waals surface area contributed by atoms with Crippen molar-refractivity contribution in [3.63, 3.8) is 0 Å². The minimum atomic E-state index is -0.197. The second-order valence-corrected chi connectivity index (χ2v) is 5.76. The molecule has 4 heteroatoms. The van der Waals surface area contributed by atoms with E-state index >= 15 is 0 Å². The molecule has 0 aliphatic carbocycles. The Morgan fingerprint density at radius 3 is 2.38 bits per heavy atom. The predicted molar refractivity (Wildman–Crippen MR) is 83.6 cm³/mol. The standard InChI is InChI=1S/C17H27FN2O/c1-3-16(19)17(13-5-7-14(18)8-6-13)20-11-9-15(10-12-20)21-4-2/h5-8,15-17H,3-4,9-12,19H2,1-2H3. The third-order valence-corrected chi connectivity index (χ3v) is 4.36. The fourth-order valence-electron chi connectivity index (χ4n) is 3.17. The summed E-state index contributed by atoms with van der Waals surface area (Å²) < 4.78 is 18.9. The van der Waals surface area contributed by atoms with E-state index in [1.165, 1.54) is 12.1 Å². The molecule has 2 N–H and O–H groups in total. The van der Waals surface area contributed by atoms with Gasteiger partial charge >= 0.3 is 0 Å². The molecule has 0 aromatic heterocycles. The van der Waals surface area contributed by atoms with Gasteiger partial charge in [0.1, 0.15) is 5.82 Å². The van der Waals surface area contributed by atoms with Crippen molar-refractivity contribution in [2.24, 2.45) is 5.73 Å². The fraction of sp³-hybridized carbons (Fsp3) is 0.647. The molecule has 0 saturated carbocycles. The molecule has 0 amide bonds. The smallest absolute Gasteiger partial charge is 0.123 e. The van der Waals surface area contributed by atoms with Gasteiger partial charge in [-0.05, 0) is 43.9 Å². The number of nitrogens with two attached hydrogens (primary N) is 1. The van der Waals surface area contributed by atoms with Crippen LogP contribution in [0.1, 0.15) is 44.7 Å². The van der Waals surface area contributed by atoms with Gasteiger partial charge in [-0.25, -0.2) is 4.39 Å². The molecule has 2 rings (SSSR count). The summed E-state index contributed by atoms with van der Waals surface area (Å²) in [6.07, 6.45) is 3.37. The SMILES string of the molecule is CCOC1CCN(C(c2ccc(F)cc2)C(N)CC)CC1. The van der Waals surface area contributed by atoms with Gasteiger partial charge in [0.25, 0.3) is 0 Å². The zero-order chi connectivity index (χ0) is 15.2. The number of nitrogens with zero attached hydrogens (tertiary/aromatic N) is 1. The number of hydrogen-bond donors (Lipinski definition) is 1. The molecule has 118 valence electrons. The van der Waals surface area contributed by atoms with Crippen LogP contribution in [0, 0.1) is 5.82 Å². The molecule has 0 spiro atoms. The first kappa shape index (κ1) is 16.4. The Balaban J connectivity index is 2.09. The average Bonchev–Trinajstić information content (AvgIpc) is 2.51. The van der Waals surface area contributed by atoms with E-state index in [-0.39, 0.29) is 17.9 Å². The van der Waals surface area contributed by atoms with Gasteiger partial charge in [-0.15, -0.1) is 0 Å². The molecule has 3 nitrogen and oxygen atoms in total. The average molecular weight is 294 g/mol. The molecule has 21 heavy (non-hydrogen) atoms. The zero-order valence-electron chi connectivity index (χ0n) is 13.1. The second kappa shape index (κ2) is 7.87. The first-order valence-electron chi connectivity index (χ1n) is 8.02. The van der Waals surface area contributed by atoms with Crippen molar-refractivity contribution < 1.29 is 9.13 Å². The third kappa shape index (κ3) is 4.25. The van der Waals surface area contributed by atoms with E-state index in [1.807, 2.05) is 19.1 Å². The van der Waals surface area contributed by atoms with Gasteiger partial charge in [0, 0.05) is 31.8 Å². The van der Waals surface area contributed by atoms with E-state index in [1.54, 1.807) is 0 Å². The first-order chi connectivity index (χ1) is 10.2. The van der Waals surface area contributed by atoms with Crippen LogP contribution in [0.3, 0.4) is 0 Å². The van der Waals surface area contributed by atoms with Gasteiger partial charge in [0.05, 0.1) is 6.10 Å². The molecule has 1 aromatic carbocycles. The normalized spacial score (nSPS) is 20.4. The molecular formula is C17H27FN2O. The largest absolute Gasteiger partial charge is 0.378 e. The maximum absolute atomic E-state index is 13.1. The summed E-state index contributed by atoms with van der Waals surface area (Å²) >= 11 is 0. The molecular weight excluding hydrogens is 267 g/mol. The van der Waals surface area contributed by atoms with E-state index < -0.39 is 0 Å². The van der Waals surface area contributed by atoms with Crippen molar-refractivity contribution in [3.05, 3.63) is 35.6 Å². The van der Waals surface area contributed by atoms with Crippen molar-refractivity contribution in [2.75, 3.05) is 19.7 Å². The molecule has 2 unspecified atom stereocenters. The van der Waals surface area contributed by atoms with E-state index in [2.05, 4.69) is 11.8 Å². The number of likely N-dealkylation sites (tertiary alicyclic amines) is 1. The Morgan fingerprint density at radius 1 is 1.24 bits per heavy atom. The molecule has 2 atom stereocenters. The summed E-state index contributed by atoms with van der Waals surface area (Å²) in [4.78, 5) is 2.43. The van der Waals surface area contributed by atoms with Crippen molar-refractivity contribution in [1.29, 1.82) is 0 Å². The van der Waals surface area contributed by atoms with Gasteiger partial charge in [-0.3, -0.25) is 4.90 Å². The molecule has 1 fully saturated rings. The van der Waals surface area contributed by atoms with E-state index in [0.29, 0.717) is 6.10 Å². The Bertz CT molecular complexity index is 415. The summed E-state index contributed by atoms with van der Waals surface area (Å²) in [5, 5.41) is 0. The summed E-state index contributed by atoms with van der Waals surface area (Å²) in [6.45, 7) is 6.90. The maximum atomic E-state index is 13.1. The van der Waals surface area contributed by atoms with Crippen molar-refractivity contribution >= 4 is 0 Å². The molecule has 1 heterocycles. The minimum absolute atomic E-state index is 0.0686. The van der Waals surface area contributed by atoms with Crippen LogP contribution in [0.2, 0.25) is 0 Å². The van der Waals surface area contributed by atoms with Crippen molar-refractivity contribution in [2.45, 2.75) is 51.3 Å². The Labute approximate surface area is 127 Å². The number of halogens is 1. The van der Waals surface area contributed by atoms with Crippen LogP contribution in [-0.2, 0) is 4.74 Å². The third-order valence-electron chi connectivity index (χ3n) is 4.36. The highest BCUT2D eigenvalue weighted by Gasteiger charge is 2.29. The molecule has 0 bridgehead atoms. The van der Waals surface area contributed by atoms with Gasteiger partial charge in [-0.2, -0.15) is 0 Å². The molecule has 1 aromatic rings. The number of hydrogen-bond acceptors (Lipinski definition) is 3. The van der Waals surface area contributed by atoms with Crippen LogP contribution in [0.25, 0.3) is 0 Å². The van der Waals surface area contributed by atoms with Gasteiger partial charge in [0.2, 0.25) is 0 Å². The maximum Gasteiger partial charge on any atom is 0.123 e. The van der Waals surface area contributed by atoms with Crippen LogP contribution < -0.4 is 5.73 Å². The summed E-state index contributed by atoms with van der Waals surface area (Å²) in [5.74, 6) is -0.197. The van der Waals surface area contributed by atoms with Crippen LogP contribution in [-0.4, -0.2) is 36.7 Å². The molecule has 1 aliphatic heterocycles. The van der Waals surface area contributed by atoms with E-state index in [9.17, 15) is 4.39 Å². The molecule has 0 radical (unpaired) electrons. The van der Waals surface area contributed by atoms with E-state index in [4.69, 9.17) is 10.5 Å². The fourth-order valence-corrected chi connectivity index (χ4v) is 3.17. The van der Waals surface area contributed by atoms with Crippen molar-refractivity contribution in [3.8, 4) is 0 Å². The van der Waals surface area contributed by atoms with Gasteiger partial charge in [0.15, 0.2) is 0 Å². The second-order valence-electron chi connectivity index (χ2n) is 5.76. The van der Waals surface area contributed by atoms with Crippen LogP contribution in [0.15, 0.2) is 24.3 Å². The lowest BCUT2D eigenvalue weighted by atomic mass is 9.93. The van der Waals surface area contributed by atoms with Gasteiger partial charge in [-0.1, -0.05) is 19.1 Å². The van der Waals surface area contributed by atoms with Crippen LogP contribution >= 0.6 is 0 Å². The van der Waals surface area contributed by atoms with Crippen LogP contribution in [0.5, 0.6) is 0 Å². The Hall–Kier alpha value is -0.970. The molecule has 1 saturated heterocycles. The van der Waals surface area contributed by atoms with Gasteiger partial charge < -0.3 is 10.5 Å². The Kier molecular flexibility index (Phi) is 6.15. The highest BCUT2D eigenvalue weighted by atomic mass is 19.1. The lowest BCUT2D eigenvalue weighted by Gasteiger charge is -2.40. The highest BCUT2D eigenvalue weighted by Crippen LogP contribution is 2.29. The number of piperidine rings is 1. The molecule has 1 aliphatic rings. The first-order valence-corrected chi connectivity index (χ1v) is 8.02. The number of ether oxygens (including phenoxy) is 1. The number of rotatable bonds is 6. The summed E-state index contributed by atoms with van der Waals surface area (Å²) in [7, 11) is 0. The lowest BCUT2D eigenvalue weighted by Crippen LogP contribution is -2.46. The highest BCUT2D eigenvalue weighted by molar-refractivity contribution is 5.22. The monoisotopic (exact) mass is 294 g/mol. The lowest BCUT2D eigenvalue weighted by molar-refractivity contribution is 0.000341. The summed E-state index contributed by atoms with van der Waals surface area (Å²) in [6, 6.07) is 7.01. The van der Waals surface area contributed by atoms with E-state index in [0.717, 1.165) is 44.5 Å². The van der Waals surface area contributed by atoms with Crippen molar-refractivity contribution in [1.82, 2.24) is 4.90 Å². The quantitative estimate of drug-likeness (QED) is 0.876. The topological polar surface area (TPSA) is 38.5 Å². The zero-order valence-corrected chi connectivity index (χ0v) is 13.1. The van der Waals surface area contributed by atoms with Crippen LogP contribution in [0.4, 0.5) is 4.39 Å². The summed E-state index contributed by atoms with van der Waals surface area (Å²) in [5.41, 5.74) is 7.46. The minimum Gasteiger partial charge on any atom is -0.378 e. The predicted octanol–water partition coefficient (Wildman–Crippen LogP) is 3.11. The Morgan fingerprint density at radius 2 is 1.86 bits per heavy atom.